The molecule has 1 amide bonds. The minimum atomic E-state index is -0.0911. The van der Waals surface area contributed by atoms with E-state index in [2.05, 4.69) is 34.6 Å². The molecule has 0 atom stereocenters. The Morgan fingerprint density at radius 2 is 2.04 bits per heavy atom. The van der Waals surface area contributed by atoms with E-state index < -0.39 is 0 Å². The maximum atomic E-state index is 12.3. The molecule has 2 rings (SSSR count). The molecule has 0 radical (unpaired) electrons. The van der Waals surface area contributed by atoms with Crippen LogP contribution in [0.5, 0.6) is 5.75 Å². The quantitative estimate of drug-likeness (QED) is 0.640. The van der Waals surface area contributed by atoms with E-state index in [-0.39, 0.29) is 5.91 Å². The van der Waals surface area contributed by atoms with Crippen LogP contribution in [0.3, 0.4) is 0 Å². The topological polar surface area (TPSA) is 66.5 Å². The van der Waals surface area contributed by atoms with Gasteiger partial charge in [0.05, 0.1) is 7.11 Å². The molecule has 6 heteroatoms. The summed E-state index contributed by atoms with van der Waals surface area (Å²) >= 11 is 0. The van der Waals surface area contributed by atoms with Gasteiger partial charge in [0.2, 0.25) is 0 Å². The van der Waals surface area contributed by atoms with Crippen molar-refractivity contribution in [1.82, 2.24) is 15.2 Å². The molecule has 2 N–H and O–H groups in total. The molecule has 1 heterocycles. The summed E-state index contributed by atoms with van der Waals surface area (Å²) in [6, 6.07) is 11.4. The first-order chi connectivity index (χ1) is 12.6. The van der Waals surface area contributed by atoms with Gasteiger partial charge in [0.15, 0.2) is 0 Å². The van der Waals surface area contributed by atoms with Crippen LogP contribution in [-0.2, 0) is 6.42 Å². The third-order valence-corrected chi connectivity index (χ3v) is 3.94. The average molecular weight is 356 g/mol. The Kier molecular flexibility index (Phi) is 7.89. The lowest BCUT2D eigenvalue weighted by molar-refractivity contribution is 0.0954. The number of rotatable bonds is 10. The van der Waals surface area contributed by atoms with Crippen molar-refractivity contribution in [2.45, 2.75) is 12.8 Å². The van der Waals surface area contributed by atoms with E-state index in [0.717, 1.165) is 43.1 Å². The molecule has 0 fully saturated rings. The third-order valence-electron chi connectivity index (χ3n) is 3.94. The molecule has 0 aliphatic carbocycles. The number of carbonyl (C=O) groups is 1. The zero-order valence-corrected chi connectivity index (χ0v) is 15.8. The molecule has 0 spiro atoms. The van der Waals surface area contributed by atoms with Gasteiger partial charge in [0.25, 0.3) is 5.91 Å². The minimum absolute atomic E-state index is 0.0911. The van der Waals surface area contributed by atoms with E-state index in [4.69, 9.17) is 4.74 Å². The Balaban J connectivity index is 1.80. The van der Waals surface area contributed by atoms with Crippen molar-refractivity contribution in [2.24, 2.45) is 0 Å². The van der Waals surface area contributed by atoms with E-state index in [1.165, 1.54) is 0 Å². The number of pyridine rings is 1. The molecule has 2 aromatic rings. The molecule has 0 saturated heterocycles. The van der Waals surface area contributed by atoms with Crippen molar-refractivity contribution < 1.29 is 9.53 Å². The molecule has 0 bridgehead atoms. The van der Waals surface area contributed by atoms with Crippen LogP contribution in [0.15, 0.2) is 42.6 Å². The predicted octanol–water partition coefficient (Wildman–Crippen LogP) is 2.43. The molecule has 1 aromatic heterocycles. The molecule has 0 aliphatic heterocycles. The van der Waals surface area contributed by atoms with Crippen LogP contribution >= 0.6 is 0 Å². The van der Waals surface area contributed by atoms with Crippen LogP contribution in [0.4, 0.5) is 5.82 Å². The van der Waals surface area contributed by atoms with Gasteiger partial charge >= 0.3 is 0 Å². The maximum absolute atomic E-state index is 12.3. The predicted molar refractivity (Wildman–Crippen MR) is 105 cm³/mol. The number of hydrogen-bond acceptors (Lipinski definition) is 5. The summed E-state index contributed by atoms with van der Waals surface area (Å²) in [4.78, 5) is 18.7. The zero-order chi connectivity index (χ0) is 18.8. The van der Waals surface area contributed by atoms with Crippen LogP contribution in [0, 0.1) is 0 Å². The highest BCUT2D eigenvalue weighted by atomic mass is 16.5. The zero-order valence-electron chi connectivity index (χ0n) is 15.8. The van der Waals surface area contributed by atoms with Gasteiger partial charge in [-0.3, -0.25) is 4.79 Å². The minimum Gasteiger partial charge on any atom is -0.497 e. The van der Waals surface area contributed by atoms with Crippen molar-refractivity contribution in [2.75, 3.05) is 46.2 Å². The number of methoxy groups -OCH3 is 1. The first-order valence-corrected chi connectivity index (χ1v) is 8.84. The summed E-state index contributed by atoms with van der Waals surface area (Å²) in [5.41, 5.74) is 1.74. The second kappa shape index (κ2) is 10.4. The fraction of sp³-hybridized carbons (Fsp3) is 0.400. The number of ether oxygens (including phenoxy) is 1. The van der Waals surface area contributed by atoms with Gasteiger partial charge in [-0.05, 0) is 63.3 Å². The van der Waals surface area contributed by atoms with Crippen LogP contribution in [-0.4, -0.2) is 56.6 Å². The molecular weight excluding hydrogens is 328 g/mol. The molecule has 26 heavy (non-hydrogen) atoms. The van der Waals surface area contributed by atoms with E-state index in [0.29, 0.717) is 12.1 Å². The van der Waals surface area contributed by atoms with Gasteiger partial charge < -0.3 is 20.3 Å². The van der Waals surface area contributed by atoms with Gasteiger partial charge in [-0.2, -0.15) is 0 Å². The molecular formula is C20H28N4O2. The Labute approximate surface area is 155 Å². The number of carbonyl (C=O) groups excluding carboxylic acids is 1. The lowest BCUT2D eigenvalue weighted by Crippen LogP contribution is -2.25. The fourth-order valence-corrected chi connectivity index (χ4v) is 2.53. The number of nitrogens with zero attached hydrogens (tertiary/aromatic N) is 2. The van der Waals surface area contributed by atoms with Crippen molar-refractivity contribution in [3.05, 3.63) is 53.7 Å². The molecule has 0 aliphatic rings. The largest absolute Gasteiger partial charge is 0.497 e. The standard InChI is InChI=1S/C20H28N4O2/c1-24(2)13-5-10-21-19-15-17(9-12-22-19)20(25)23-11-8-16-6-4-7-18(14-16)26-3/h4,6-7,9,12,14-15H,5,8,10-11,13H2,1-3H3,(H,21,22)(H,23,25). The van der Waals surface area contributed by atoms with Crippen molar-refractivity contribution in [3.63, 3.8) is 0 Å². The van der Waals surface area contributed by atoms with Gasteiger partial charge in [-0.1, -0.05) is 12.1 Å². The van der Waals surface area contributed by atoms with E-state index in [9.17, 15) is 4.79 Å². The summed E-state index contributed by atoms with van der Waals surface area (Å²) in [6.07, 6.45) is 3.43. The van der Waals surface area contributed by atoms with Crippen LogP contribution < -0.4 is 15.4 Å². The van der Waals surface area contributed by atoms with Crippen LogP contribution in [0.2, 0.25) is 0 Å². The van der Waals surface area contributed by atoms with E-state index in [1.54, 1.807) is 25.4 Å². The fourth-order valence-electron chi connectivity index (χ4n) is 2.53. The van der Waals surface area contributed by atoms with E-state index >= 15 is 0 Å². The number of amides is 1. The second-order valence-electron chi connectivity index (χ2n) is 6.37. The smallest absolute Gasteiger partial charge is 0.251 e. The lowest BCUT2D eigenvalue weighted by Gasteiger charge is -2.11. The van der Waals surface area contributed by atoms with Crippen LogP contribution in [0.25, 0.3) is 0 Å². The maximum Gasteiger partial charge on any atom is 0.251 e. The van der Waals surface area contributed by atoms with Gasteiger partial charge in [0, 0.05) is 24.8 Å². The highest BCUT2D eigenvalue weighted by Crippen LogP contribution is 2.12. The van der Waals surface area contributed by atoms with Crippen molar-refractivity contribution in [3.8, 4) is 5.75 Å². The number of benzene rings is 1. The highest BCUT2D eigenvalue weighted by molar-refractivity contribution is 5.94. The summed E-state index contributed by atoms with van der Waals surface area (Å²) < 4.78 is 5.21. The lowest BCUT2D eigenvalue weighted by atomic mass is 10.1. The monoisotopic (exact) mass is 356 g/mol. The first-order valence-electron chi connectivity index (χ1n) is 8.84. The molecule has 6 nitrogen and oxygen atoms in total. The SMILES string of the molecule is COc1cccc(CCNC(=O)c2ccnc(NCCCN(C)C)c2)c1. The Morgan fingerprint density at radius 1 is 1.19 bits per heavy atom. The highest BCUT2D eigenvalue weighted by Gasteiger charge is 2.07. The Hall–Kier alpha value is -2.60. The third kappa shape index (κ3) is 6.72. The number of anilines is 1. The Morgan fingerprint density at radius 3 is 2.81 bits per heavy atom. The summed E-state index contributed by atoms with van der Waals surface area (Å²) in [5.74, 6) is 1.46. The van der Waals surface area contributed by atoms with Gasteiger partial charge in [0.1, 0.15) is 11.6 Å². The van der Waals surface area contributed by atoms with Gasteiger partial charge in [-0.25, -0.2) is 4.98 Å². The number of nitrogens with one attached hydrogen (secondary N) is 2. The number of aromatic nitrogens is 1. The first kappa shape index (κ1) is 19.7. The van der Waals surface area contributed by atoms with E-state index in [1.807, 2.05) is 24.3 Å². The number of hydrogen-bond donors (Lipinski definition) is 2. The normalized spacial score (nSPS) is 10.6. The van der Waals surface area contributed by atoms with Crippen molar-refractivity contribution >= 4 is 11.7 Å². The summed E-state index contributed by atoms with van der Waals surface area (Å²) in [7, 11) is 5.75. The van der Waals surface area contributed by atoms with Gasteiger partial charge in [-0.15, -0.1) is 0 Å². The van der Waals surface area contributed by atoms with Crippen molar-refractivity contribution in [1.29, 1.82) is 0 Å². The molecule has 140 valence electrons. The average Bonchev–Trinajstić information content (AvgIpc) is 2.65. The second-order valence-corrected chi connectivity index (χ2v) is 6.37. The summed E-state index contributed by atoms with van der Waals surface area (Å²) in [5, 5.41) is 6.21. The molecule has 0 saturated carbocycles. The Bertz CT molecular complexity index is 704. The molecule has 0 unspecified atom stereocenters. The summed E-state index contributed by atoms with van der Waals surface area (Å²) in [6.45, 7) is 2.41. The van der Waals surface area contributed by atoms with Crippen LogP contribution in [0.1, 0.15) is 22.3 Å². The molecule has 1 aromatic carbocycles.